The first-order valence-electron chi connectivity index (χ1n) is 11.3. The summed E-state index contributed by atoms with van der Waals surface area (Å²) >= 11 is 0. The molecule has 0 radical (unpaired) electrons. The molecule has 0 saturated carbocycles. The normalized spacial score (nSPS) is 19.0. The van der Waals surface area contributed by atoms with E-state index in [0.29, 0.717) is 11.3 Å². The van der Waals surface area contributed by atoms with Crippen LogP contribution in [-0.2, 0) is 19.4 Å². The molecule has 3 atom stereocenters. The lowest BCUT2D eigenvalue weighted by atomic mass is 9.93. The van der Waals surface area contributed by atoms with E-state index in [2.05, 4.69) is 10.6 Å². The van der Waals surface area contributed by atoms with Gasteiger partial charge < -0.3 is 26.2 Å². The second-order valence-electron chi connectivity index (χ2n) is 8.85. The van der Waals surface area contributed by atoms with E-state index >= 15 is 0 Å². The Bertz CT molecular complexity index is 961. The Morgan fingerprint density at radius 3 is 2.29 bits per heavy atom. The van der Waals surface area contributed by atoms with Crippen molar-refractivity contribution in [2.75, 3.05) is 44.8 Å². The van der Waals surface area contributed by atoms with Crippen LogP contribution in [0, 0.1) is 5.92 Å². The van der Waals surface area contributed by atoms with Crippen molar-refractivity contribution >= 4 is 21.7 Å². The van der Waals surface area contributed by atoms with Crippen LogP contribution in [0.4, 0.5) is 8.78 Å². The van der Waals surface area contributed by atoms with Gasteiger partial charge in [0.05, 0.1) is 24.7 Å². The lowest BCUT2D eigenvalue weighted by molar-refractivity contribution is -0.169. The van der Waals surface area contributed by atoms with Gasteiger partial charge in [-0.05, 0) is 23.6 Å². The van der Waals surface area contributed by atoms with Crippen molar-refractivity contribution in [3.63, 3.8) is 0 Å². The number of nitrogens with one attached hydrogen (secondary N) is 2. The molecule has 1 aliphatic rings. The van der Waals surface area contributed by atoms with Crippen LogP contribution in [0.1, 0.15) is 25.5 Å². The van der Waals surface area contributed by atoms with Gasteiger partial charge in [-0.3, -0.25) is 14.5 Å². The number of nitrogens with zero attached hydrogens (tertiary/aromatic N) is 1. The first-order chi connectivity index (χ1) is 16.3. The first kappa shape index (κ1) is 28.9. The van der Waals surface area contributed by atoms with Crippen molar-refractivity contribution in [2.24, 2.45) is 11.7 Å². The molecule has 3 unspecified atom stereocenters. The zero-order valence-electron chi connectivity index (χ0n) is 20.0. The molecular weight excluding hydrogens is 486 g/mol. The minimum absolute atomic E-state index is 0.0236. The van der Waals surface area contributed by atoms with Crippen LogP contribution in [0.5, 0.6) is 5.75 Å². The van der Waals surface area contributed by atoms with E-state index in [9.17, 15) is 31.9 Å². The number of sulfone groups is 1. The van der Waals surface area contributed by atoms with Gasteiger partial charge in [0.2, 0.25) is 5.91 Å². The number of aliphatic hydroxyl groups is 1. The molecule has 2 amide bonds. The second kappa shape index (κ2) is 12.1. The maximum absolute atomic E-state index is 14.8. The number of methoxy groups -OCH3 is 1. The highest BCUT2D eigenvalue weighted by Gasteiger charge is 2.51. The Labute approximate surface area is 204 Å². The maximum atomic E-state index is 14.8. The third-order valence-corrected chi connectivity index (χ3v) is 7.56. The number of carbonyl (C=O) groups is 2. The molecule has 1 aliphatic heterocycles. The van der Waals surface area contributed by atoms with Crippen LogP contribution in [0.2, 0.25) is 0 Å². The number of nitrogens with two attached hydrogens (primary N) is 1. The number of hydrogen-bond donors (Lipinski definition) is 4. The molecule has 0 aliphatic carbocycles. The number of aliphatic hydroxyl groups excluding tert-OH is 1. The Kier molecular flexibility index (Phi) is 9.95. The molecule has 10 nitrogen and oxygen atoms in total. The summed E-state index contributed by atoms with van der Waals surface area (Å²) in [6, 6.07) is 3.66. The van der Waals surface area contributed by atoms with Crippen molar-refractivity contribution in [2.45, 2.75) is 38.0 Å². The van der Waals surface area contributed by atoms with E-state index < -0.39 is 51.7 Å². The number of amides is 2. The van der Waals surface area contributed by atoms with Gasteiger partial charge in [-0.2, -0.15) is 8.78 Å². The molecular formula is C22H34F2N4O6S. The highest BCUT2D eigenvalue weighted by Crippen LogP contribution is 2.25. The summed E-state index contributed by atoms with van der Waals surface area (Å²) < 4.78 is 57.6. The molecule has 35 heavy (non-hydrogen) atoms. The van der Waals surface area contributed by atoms with Crippen molar-refractivity contribution in [3.8, 4) is 5.75 Å². The fourth-order valence-corrected chi connectivity index (χ4v) is 4.88. The summed E-state index contributed by atoms with van der Waals surface area (Å²) in [5.74, 6) is -6.82. The van der Waals surface area contributed by atoms with Crippen LogP contribution in [0.25, 0.3) is 0 Å². The first-order valence-corrected chi connectivity index (χ1v) is 13.1. The average Bonchev–Trinajstić information content (AvgIpc) is 2.82. The standard InChI is InChI=1S/C22H34F2N4O6S/c1-14(2)18(27-20(30)17(25)15-4-6-16(34-3)7-5-15)19(29)22(23,24)21(31)26-8-9-28-10-12-35(32,33)13-11-28/h4-7,14,17-19,29H,8-13,25H2,1-3H3,(H,26,31)(H,27,30). The Morgan fingerprint density at radius 1 is 1.20 bits per heavy atom. The van der Waals surface area contributed by atoms with Crippen LogP contribution in [0.15, 0.2) is 24.3 Å². The van der Waals surface area contributed by atoms with Gasteiger partial charge in [0.15, 0.2) is 9.84 Å². The topological polar surface area (TPSA) is 151 Å². The number of carbonyl (C=O) groups excluding carboxylic acids is 2. The van der Waals surface area contributed by atoms with Gasteiger partial charge in [-0.15, -0.1) is 0 Å². The zero-order valence-corrected chi connectivity index (χ0v) is 20.9. The Hall–Kier alpha value is -2.35. The fourth-order valence-electron chi connectivity index (χ4n) is 3.61. The van der Waals surface area contributed by atoms with E-state index in [1.54, 1.807) is 29.2 Å². The SMILES string of the molecule is COc1ccc(C(N)C(=O)NC(C(C)C)C(O)C(F)(F)C(=O)NCCN2CCS(=O)(=O)CC2)cc1. The molecule has 0 aromatic heterocycles. The fraction of sp³-hybridized carbons (Fsp3) is 0.636. The van der Waals surface area contributed by atoms with Gasteiger partial charge in [-0.25, -0.2) is 8.42 Å². The van der Waals surface area contributed by atoms with Crippen molar-refractivity contribution < 1.29 is 36.6 Å². The molecule has 1 aromatic rings. The lowest BCUT2D eigenvalue weighted by Gasteiger charge is -2.33. The Morgan fingerprint density at radius 2 is 1.77 bits per heavy atom. The molecule has 2 rings (SSSR count). The monoisotopic (exact) mass is 520 g/mol. The number of hydrogen-bond acceptors (Lipinski definition) is 8. The molecule has 0 spiro atoms. The van der Waals surface area contributed by atoms with E-state index in [1.165, 1.54) is 21.0 Å². The number of alkyl halides is 2. The van der Waals surface area contributed by atoms with Gasteiger partial charge in [0.1, 0.15) is 17.9 Å². The number of ether oxygens (including phenoxy) is 1. The molecule has 5 N–H and O–H groups in total. The lowest BCUT2D eigenvalue weighted by Crippen LogP contribution is -2.60. The zero-order chi connectivity index (χ0) is 26.4. The molecule has 1 aromatic carbocycles. The van der Waals surface area contributed by atoms with E-state index in [0.717, 1.165) is 0 Å². The molecule has 13 heteroatoms. The van der Waals surface area contributed by atoms with Gasteiger partial charge in [0, 0.05) is 26.2 Å². The maximum Gasteiger partial charge on any atom is 0.351 e. The van der Waals surface area contributed by atoms with Crippen molar-refractivity contribution in [1.82, 2.24) is 15.5 Å². The smallest absolute Gasteiger partial charge is 0.351 e. The molecule has 1 heterocycles. The predicted molar refractivity (Wildman–Crippen MR) is 126 cm³/mol. The van der Waals surface area contributed by atoms with E-state index in [4.69, 9.17) is 10.5 Å². The molecule has 1 saturated heterocycles. The summed E-state index contributed by atoms with van der Waals surface area (Å²) in [6.45, 7) is 3.59. The van der Waals surface area contributed by atoms with Gasteiger partial charge in [-0.1, -0.05) is 26.0 Å². The quantitative estimate of drug-likeness (QED) is 0.310. The van der Waals surface area contributed by atoms with Gasteiger partial charge >= 0.3 is 5.92 Å². The minimum Gasteiger partial charge on any atom is -0.497 e. The van der Waals surface area contributed by atoms with Crippen molar-refractivity contribution in [1.29, 1.82) is 0 Å². The predicted octanol–water partition coefficient (Wildman–Crippen LogP) is -0.321. The molecule has 1 fully saturated rings. The summed E-state index contributed by atoms with van der Waals surface area (Å²) in [7, 11) is -1.60. The van der Waals surface area contributed by atoms with E-state index in [-0.39, 0.29) is 37.7 Å². The molecule has 198 valence electrons. The largest absolute Gasteiger partial charge is 0.497 e. The average molecular weight is 521 g/mol. The summed E-state index contributed by atoms with van der Waals surface area (Å²) in [5.41, 5.74) is 6.37. The summed E-state index contributed by atoms with van der Waals surface area (Å²) in [5, 5.41) is 14.8. The van der Waals surface area contributed by atoms with Crippen molar-refractivity contribution in [3.05, 3.63) is 29.8 Å². The minimum atomic E-state index is -4.20. The van der Waals surface area contributed by atoms with Crippen LogP contribution in [-0.4, -0.2) is 93.1 Å². The second-order valence-corrected chi connectivity index (χ2v) is 11.2. The van der Waals surface area contributed by atoms with Gasteiger partial charge in [0.25, 0.3) is 5.91 Å². The number of halogens is 2. The van der Waals surface area contributed by atoms with Crippen LogP contribution < -0.4 is 21.1 Å². The highest BCUT2D eigenvalue weighted by molar-refractivity contribution is 7.91. The highest BCUT2D eigenvalue weighted by atomic mass is 32.2. The third-order valence-electron chi connectivity index (χ3n) is 5.95. The third kappa shape index (κ3) is 7.82. The summed E-state index contributed by atoms with van der Waals surface area (Å²) in [6.07, 6.45) is -2.50. The van der Waals surface area contributed by atoms with E-state index in [1.807, 2.05) is 0 Å². The number of rotatable bonds is 11. The van der Waals surface area contributed by atoms with Crippen LogP contribution in [0.3, 0.4) is 0 Å². The summed E-state index contributed by atoms with van der Waals surface area (Å²) in [4.78, 5) is 26.6. The van der Waals surface area contributed by atoms with Crippen LogP contribution >= 0.6 is 0 Å². The molecule has 0 bridgehead atoms. The number of benzene rings is 1. The Balaban J connectivity index is 1.96.